The largest absolute Gasteiger partial charge is 0.493 e. The number of methoxy groups -OCH3 is 2. The van der Waals surface area contributed by atoms with Crippen LogP contribution < -0.4 is 9.47 Å². The summed E-state index contributed by atoms with van der Waals surface area (Å²) < 4.78 is 18.1. The molecule has 0 bridgehead atoms. The summed E-state index contributed by atoms with van der Waals surface area (Å²) in [6.07, 6.45) is 2.29. The van der Waals surface area contributed by atoms with Crippen molar-refractivity contribution in [2.75, 3.05) is 27.4 Å². The van der Waals surface area contributed by atoms with Crippen LogP contribution in [0.2, 0.25) is 0 Å². The van der Waals surface area contributed by atoms with Gasteiger partial charge in [-0.2, -0.15) is 0 Å². The van der Waals surface area contributed by atoms with Crippen LogP contribution in [-0.4, -0.2) is 43.4 Å². The van der Waals surface area contributed by atoms with Crippen molar-refractivity contribution in [3.63, 3.8) is 0 Å². The molecule has 3 rings (SSSR count). The van der Waals surface area contributed by atoms with Crippen molar-refractivity contribution in [2.45, 2.75) is 13.0 Å². The Bertz CT molecular complexity index is 994. The molecule has 1 saturated heterocycles. The van der Waals surface area contributed by atoms with Crippen molar-refractivity contribution >= 4 is 60.8 Å². The molecular weight excluding hydrogens is 550 g/mol. The first kappa shape index (κ1) is 23.8. The molecule has 0 atom stereocenters. The fourth-order valence-corrected chi connectivity index (χ4v) is 4.43. The van der Waals surface area contributed by atoms with Crippen LogP contribution in [0, 0.1) is 0 Å². The summed E-state index contributed by atoms with van der Waals surface area (Å²) in [5, 5.41) is -0.273. The van der Waals surface area contributed by atoms with Crippen LogP contribution in [0.1, 0.15) is 17.5 Å². The van der Waals surface area contributed by atoms with E-state index in [2.05, 4.69) is 31.9 Å². The van der Waals surface area contributed by atoms with Gasteiger partial charge in [0.2, 0.25) is 0 Å². The standard InChI is InChI=1S/C22H21Br2NO5S/c1-28-9-3-8-25-21(26)20(31-22(25)27)11-15-10-18(29-2)19(12-17(15)24)30-13-14-4-6-16(23)7-5-14/h4-7,10-12H,3,8-9,13H2,1-2H3/b20-11+. The number of rotatable bonds is 9. The van der Waals surface area contributed by atoms with Gasteiger partial charge in [0.15, 0.2) is 11.5 Å². The lowest BCUT2D eigenvalue weighted by Crippen LogP contribution is -2.29. The highest BCUT2D eigenvalue weighted by atomic mass is 79.9. The van der Waals surface area contributed by atoms with Gasteiger partial charge >= 0.3 is 0 Å². The smallest absolute Gasteiger partial charge is 0.293 e. The first-order valence-electron chi connectivity index (χ1n) is 9.42. The average Bonchev–Trinajstić information content (AvgIpc) is 3.02. The van der Waals surface area contributed by atoms with Crippen molar-refractivity contribution in [3.05, 3.63) is 61.4 Å². The van der Waals surface area contributed by atoms with Gasteiger partial charge < -0.3 is 14.2 Å². The van der Waals surface area contributed by atoms with Gasteiger partial charge in [0.1, 0.15) is 6.61 Å². The van der Waals surface area contributed by atoms with E-state index in [1.807, 2.05) is 24.3 Å². The van der Waals surface area contributed by atoms with Crippen molar-refractivity contribution in [2.24, 2.45) is 0 Å². The Morgan fingerprint density at radius 1 is 1.06 bits per heavy atom. The number of hydrogen-bond acceptors (Lipinski definition) is 6. The lowest BCUT2D eigenvalue weighted by atomic mass is 10.1. The van der Waals surface area contributed by atoms with E-state index in [9.17, 15) is 9.59 Å². The number of benzene rings is 2. The molecule has 0 N–H and O–H groups in total. The lowest BCUT2D eigenvalue weighted by molar-refractivity contribution is -0.122. The minimum Gasteiger partial charge on any atom is -0.493 e. The number of hydrogen-bond donors (Lipinski definition) is 0. The van der Waals surface area contributed by atoms with E-state index in [0.717, 1.165) is 31.8 Å². The highest BCUT2D eigenvalue weighted by Gasteiger charge is 2.34. The molecule has 0 spiro atoms. The topological polar surface area (TPSA) is 65.1 Å². The van der Waals surface area contributed by atoms with Crippen molar-refractivity contribution < 1.29 is 23.8 Å². The Morgan fingerprint density at radius 2 is 1.81 bits per heavy atom. The van der Waals surface area contributed by atoms with E-state index in [1.54, 1.807) is 32.4 Å². The molecule has 0 saturated carbocycles. The number of thioether (sulfide) groups is 1. The zero-order valence-corrected chi connectivity index (χ0v) is 21.0. The van der Waals surface area contributed by atoms with Gasteiger partial charge in [0, 0.05) is 29.2 Å². The fourth-order valence-electron chi connectivity index (χ4n) is 2.88. The summed E-state index contributed by atoms with van der Waals surface area (Å²) in [4.78, 5) is 26.5. The molecule has 1 aliphatic rings. The van der Waals surface area contributed by atoms with Gasteiger partial charge in [-0.1, -0.05) is 44.0 Å². The Kier molecular flexibility index (Phi) is 8.59. The van der Waals surface area contributed by atoms with Gasteiger partial charge in [-0.15, -0.1) is 0 Å². The molecule has 2 aromatic carbocycles. The Morgan fingerprint density at radius 3 is 2.48 bits per heavy atom. The number of ether oxygens (including phenoxy) is 3. The number of carbonyl (C=O) groups is 2. The number of carbonyl (C=O) groups excluding carboxylic acids is 2. The normalized spacial score (nSPS) is 15.1. The van der Waals surface area contributed by atoms with Crippen LogP contribution in [0.4, 0.5) is 4.79 Å². The van der Waals surface area contributed by atoms with E-state index in [-0.39, 0.29) is 11.1 Å². The third-order valence-electron chi connectivity index (χ3n) is 4.48. The minimum absolute atomic E-state index is 0.273. The SMILES string of the molecule is COCCCN1C(=O)S/C(=C/c2cc(OC)c(OCc3ccc(Br)cc3)cc2Br)C1=O. The number of halogens is 2. The quantitative estimate of drug-likeness (QED) is 0.277. The predicted molar refractivity (Wildman–Crippen MR) is 128 cm³/mol. The molecule has 1 heterocycles. The maximum atomic E-state index is 12.6. The number of imide groups is 1. The first-order valence-corrected chi connectivity index (χ1v) is 11.8. The summed E-state index contributed by atoms with van der Waals surface area (Å²) in [5.74, 6) is 0.806. The monoisotopic (exact) mass is 569 g/mol. The summed E-state index contributed by atoms with van der Waals surface area (Å²) in [6, 6.07) is 11.4. The Hall–Kier alpha value is -1.81. The molecule has 0 aliphatic carbocycles. The molecule has 9 heteroatoms. The fraction of sp³-hybridized carbons (Fsp3) is 0.273. The molecule has 2 aromatic rings. The summed E-state index contributed by atoms with van der Waals surface area (Å²) >= 11 is 7.88. The van der Waals surface area contributed by atoms with E-state index >= 15 is 0 Å². The average molecular weight is 571 g/mol. The van der Waals surface area contributed by atoms with Crippen molar-refractivity contribution in [1.82, 2.24) is 4.90 Å². The second-order valence-electron chi connectivity index (χ2n) is 6.62. The predicted octanol–water partition coefficient (Wildman–Crippen LogP) is 5.87. The van der Waals surface area contributed by atoms with Crippen LogP contribution in [0.3, 0.4) is 0 Å². The Labute approximate surface area is 202 Å². The van der Waals surface area contributed by atoms with E-state index in [1.165, 1.54) is 4.90 Å². The number of nitrogens with zero attached hydrogens (tertiary/aromatic N) is 1. The third kappa shape index (κ3) is 6.12. The highest BCUT2D eigenvalue weighted by molar-refractivity contribution is 9.10. The first-order chi connectivity index (χ1) is 14.9. The molecule has 1 aliphatic heterocycles. The van der Waals surface area contributed by atoms with Crippen LogP contribution in [0.25, 0.3) is 6.08 Å². The summed E-state index contributed by atoms with van der Waals surface area (Å²) in [7, 11) is 3.15. The van der Waals surface area contributed by atoms with Crippen LogP contribution in [-0.2, 0) is 16.1 Å². The zero-order chi connectivity index (χ0) is 22.4. The molecule has 31 heavy (non-hydrogen) atoms. The second-order valence-corrected chi connectivity index (χ2v) is 9.38. The van der Waals surface area contributed by atoms with Gasteiger partial charge in [-0.3, -0.25) is 14.5 Å². The molecule has 0 aromatic heterocycles. The zero-order valence-electron chi connectivity index (χ0n) is 17.0. The van der Waals surface area contributed by atoms with Crippen molar-refractivity contribution in [1.29, 1.82) is 0 Å². The molecule has 0 radical (unpaired) electrons. The van der Waals surface area contributed by atoms with Gasteiger partial charge in [0.05, 0.1) is 12.0 Å². The minimum atomic E-state index is -0.299. The Balaban J connectivity index is 1.77. The summed E-state index contributed by atoms with van der Waals surface area (Å²) in [6.45, 7) is 1.21. The molecular formula is C22H21Br2NO5S. The van der Waals surface area contributed by atoms with E-state index in [0.29, 0.717) is 42.6 Å². The van der Waals surface area contributed by atoms with Crippen LogP contribution in [0.5, 0.6) is 11.5 Å². The van der Waals surface area contributed by atoms with E-state index < -0.39 is 0 Å². The van der Waals surface area contributed by atoms with Crippen LogP contribution in [0.15, 0.2) is 50.2 Å². The molecule has 1 fully saturated rings. The maximum absolute atomic E-state index is 12.6. The lowest BCUT2D eigenvalue weighted by Gasteiger charge is -2.13. The van der Waals surface area contributed by atoms with Gasteiger partial charge in [-0.25, -0.2) is 0 Å². The summed E-state index contributed by atoms with van der Waals surface area (Å²) in [5.41, 5.74) is 1.74. The van der Waals surface area contributed by atoms with Crippen molar-refractivity contribution in [3.8, 4) is 11.5 Å². The van der Waals surface area contributed by atoms with Crippen LogP contribution >= 0.6 is 43.6 Å². The van der Waals surface area contributed by atoms with Gasteiger partial charge in [0.25, 0.3) is 11.1 Å². The molecule has 0 unspecified atom stereocenters. The van der Waals surface area contributed by atoms with Gasteiger partial charge in [-0.05, 0) is 59.7 Å². The molecule has 2 amide bonds. The second kappa shape index (κ2) is 11.2. The molecule has 6 nitrogen and oxygen atoms in total. The molecule has 164 valence electrons. The van der Waals surface area contributed by atoms with E-state index in [4.69, 9.17) is 14.2 Å². The number of amides is 2. The third-order valence-corrected chi connectivity index (χ3v) is 6.60. The highest BCUT2D eigenvalue weighted by Crippen LogP contribution is 2.38. The maximum Gasteiger partial charge on any atom is 0.293 e.